The van der Waals surface area contributed by atoms with Crippen LogP contribution >= 0.6 is 11.6 Å². The topological polar surface area (TPSA) is 42.2 Å². The number of aryl methyl sites for hydroxylation is 2. The van der Waals surface area contributed by atoms with Crippen molar-refractivity contribution in [1.82, 2.24) is 0 Å². The molecule has 24 heavy (non-hydrogen) atoms. The van der Waals surface area contributed by atoms with E-state index in [1.54, 1.807) is 25.3 Å². The minimum absolute atomic E-state index is 0.101. The van der Waals surface area contributed by atoms with Gasteiger partial charge in [-0.3, -0.25) is 4.79 Å². The Bertz CT molecular complexity index is 761. The van der Waals surface area contributed by atoms with Crippen LogP contribution in [0.3, 0.4) is 0 Å². The molecular formula is C19H22ClN2O2+. The molecule has 0 spiro atoms. The summed E-state index contributed by atoms with van der Waals surface area (Å²) in [7, 11) is 1.57. The summed E-state index contributed by atoms with van der Waals surface area (Å²) in [6.07, 6.45) is 8.79. The third-order valence-electron chi connectivity index (χ3n) is 4.55. The summed E-state index contributed by atoms with van der Waals surface area (Å²) >= 11 is 6.02. The summed E-state index contributed by atoms with van der Waals surface area (Å²) in [4.78, 5) is 12.6. The molecule has 1 amide bonds. The Hall–Kier alpha value is -2.07. The minimum Gasteiger partial charge on any atom is -0.495 e. The monoisotopic (exact) mass is 345 g/mol. The van der Waals surface area contributed by atoms with Crippen LogP contribution in [0.2, 0.25) is 5.02 Å². The van der Waals surface area contributed by atoms with E-state index < -0.39 is 0 Å². The number of carbonyl (C=O) groups excluding carboxylic acids is 1. The van der Waals surface area contributed by atoms with E-state index in [-0.39, 0.29) is 11.9 Å². The second kappa shape index (κ2) is 7.22. The number of hydrogen-bond donors (Lipinski definition) is 1. The maximum atomic E-state index is 12.6. The molecule has 0 unspecified atom stereocenters. The molecule has 1 N–H and O–H groups in total. The standard InChI is InChI=1S/C19H21ClN2O2/c1-13(22-10-9-14-5-3-4-6-15(14)12-22)19(23)21-17-11-16(20)7-8-18(17)24-2/h7-13H,3-6H2,1-2H3/p+1/t13-/m1/s1. The number of ether oxygens (including phenoxy) is 1. The SMILES string of the molecule is COc1ccc(Cl)cc1NC(=O)[C@@H](C)[n+]1ccc2c(c1)CCCC2. The normalized spacial score (nSPS) is 14.6. The van der Waals surface area contributed by atoms with Gasteiger partial charge in [0.2, 0.25) is 6.04 Å². The fourth-order valence-corrected chi connectivity index (χ4v) is 3.25. The molecule has 1 atom stereocenters. The van der Waals surface area contributed by atoms with Gasteiger partial charge >= 0.3 is 0 Å². The lowest BCUT2D eigenvalue weighted by Gasteiger charge is -2.16. The van der Waals surface area contributed by atoms with Gasteiger partial charge in [0.15, 0.2) is 12.4 Å². The van der Waals surface area contributed by atoms with Crippen LogP contribution < -0.4 is 14.6 Å². The van der Waals surface area contributed by atoms with Crippen molar-refractivity contribution in [3.05, 3.63) is 52.8 Å². The number of fused-ring (bicyclic) bond motifs is 1. The van der Waals surface area contributed by atoms with E-state index >= 15 is 0 Å². The van der Waals surface area contributed by atoms with Crippen LogP contribution in [0.15, 0.2) is 36.7 Å². The number of rotatable bonds is 4. The fraction of sp³-hybridized carbons (Fsp3) is 0.368. The van der Waals surface area contributed by atoms with Gasteiger partial charge in [-0.25, -0.2) is 0 Å². The van der Waals surface area contributed by atoms with Crippen LogP contribution in [0.5, 0.6) is 5.75 Å². The average Bonchev–Trinajstić information content (AvgIpc) is 2.61. The molecule has 2 aromatic rings. The number of benzene rings is 1. The first-order valence-electron chi connectivity index (χ1n) is 8.25. The van der Waals surface area contributed by atoms with Crippen LogP contribution in [-0.2, 0) is 17.6 Å². The number of nitrogens with one attached hydrogen (secondary N) is 1. The highest BCUT2D eigenvalue weighted by Gasteiger charge is 2.25. The summed E-state index contributed by atoms with van der Waals surface area (Å²) in [5.41, 5.74) is 3.34. The Labute approximate surface area is 147 Å². The number of pyridine rings is 1. The smallest absolute Gasteiger partial charge is 0.293 e. The Morgan fingerprint density at radius 1 is 1.25 bits per heavy atom. The number of methoxy groups -OCH3 is 1. The number of hydrogen-bond acceptors (Lipinski definition) is 2. The quantitative estimate of drug-likeness (QED) is 0.858. The number of aromatic nitrogens is 1. The van der Waals surface area contributed by atoms with E-state index in [2.05, 4.69) is 17.6 Å². The maximum Gasteiger partial charge on any atom is 0.293 e. The predicted octanol–water partition coefficient (Wildman–Crippen LogP) is 3.71. The highest BCUT2D eigenvalue weighted by Crippen LogP contribution is 2.28. The van der Waals surface area contributed by atoms with Gasteiger partial charge in [-0.2, -0.15) is 4.57 Å². The molecule has 5 heteroatoms. The van der Waals surface area contributed by atoms with E-state index in [1.807, 2.05) is 17.7 Å². The van der Waals surface area contributed by atoms with E-state index in [0.29, 0.717) is 16.5 Å². The molecule has 3 rings (SSSR count). The molecule has 1 aliphatic rings. The lowest BCUT2D eigenvalue weighted by Crippen LogP contribution is -2.44. The van der Waals surface area contributed by atoms with Crippen LogP contribution in [0.4, 0.5) is 5.69 Å². The highest BCUT2D eigenvalue weighted by molar-refractivity contribution is 6.31. The number of carbonyl (C=O) groups is 1. The van der Waals surface area contributed by atoms with Crippen molar-refractivity contribution in [1.29, 1.82) is 0 Å². The lowest BCUT2D eigenvalue weighted by molar-refractivity contribution is -0.706. The van der Waals surface area contributed by atoms with Crippen molar-refractivity contribution in [2.24, 2.45) is 0 Å². The van der Waals surface area contributed by atoms with Gasteiger partial charge in [0.1, 0.15) is 5.75 Å². The first kappa shape index (κ1) is 16.8. The van der Waals surface area contributed by atoms with Gasteiger partial charge in [-0.15, -0.1) is 0 Å². The van der Waals surface area contributed by atoms with Crippen LogP contribution in [0.1, 0.15) is 36.9 Å². The van der Waals surface area contributed by atoms with Gasteiger partial charge in [0, 0.05) is 23.6 Å². The Morgan fingerprint density at radius 3 is 2.75 bits per heavy atom. The molecule has 0 fully saturated rings. The largest absolute Gasteiger partial charge is 0.495 e. The summed E-state index contributed by atoms with van der Waals surface area (Å²) in [5.74, 6) is 0.492. The Morgan fingerprint density at radius 2 is 2.00 bits per heavy atom. The summed E-state index contributed by atoms with van der Waals surface area (Å²) < 4.78 is 7.25. The number of anilines is 1. The molecule has 0 bridgehead atoms. The molecule has 1 aliphatic carbocycles. The summed E-state index contributed by atoms with van der Waals surface area (Å²) in [6, 6.07) is 6.99. The zero-order valence-corrected chi connectivity index (χ0v) is 14.8. The van der Waals surface area contributed by atoms with Gasteiger partial charge in [0.25, 0.3) is 5.91 Å². The second-order valence-electron chi connectivity index (χ2n) is 6.16. The molecular weight excluding hydrogens is 324 g/mol. The number of halogens is 1. The lowest BCUT2D eigenvalue weighted by atomic mass is 9.93. The molecule has 0 aliphatic heterocycles. The first-order chi connectivity index (χ1) is 11.6. The molecule has 1 aromatic heterocycles. The summed E-state index contributed by atoms with van der Waals surface area (Å²) in [6.45, 7) is 1.89. The Kier molecular flexibility index (Phi) is 5.05. The molecule has 0 saturated carbocycles. The van der Waals surface area contributed by atoms with Crippen molar-refractivity contribution in [3.63, 3.8) is 0 Å². The van der Waals surface area contributed by atoms with E-state index in [9.17, 15) is 4.79 Å². The zero-order valence-electron chi connectivity index (χ0n) is 14.0. The van der Waals surface area contributed by atoms with Crippen LogP contribution in [0, 0.1) is 0 Å². The third-order valence-corrected chi connectivity index (χ3v) is 4.79. The second-order valence-corrected chi connectivity index (χ2v) is 6.60. The molecule has 0 saturated heterocycles. The molecule has 0 radical (unpaired) electrons. The van der Waals surface area contributed by atoms with Gasteiger partial charge in [-0.1, -0.05) is 11.6 Å². The summed E-state index contributed by atoms with van der Waals surface area (Å²) in [5, 5.41) is 3.47. The van der Waals surface area contributed by atoms with Gasteiger partial charge < -0.3 is 10.1 Å². The maximum absolute atomic E-state index is 12.6. The van der Waals surface area contributed by atoms with Crippen LogP contribution in [0.25, 0.3) is 0 Å². The third kappa shape index (κ3) is 3.54. The van der Waals surface area contributed by atoms with Gasteiger partial charge in [0.05, 0.1) is 12.8 Å². The number of amides is 1. The van der Waals surface area contributed by atoms with Gasteiger partial charge in [-0.05, 0) is 49.4 Å². The molecule has 1 heterocycles. The molecule has 126 valence electrons. The van der Waals surface area contributed by atoms with Crippen molar-refractivity contribution in [2.45, 2.75) is 38.6 Å². The average molecular weight is 346 g/mol. The first-order valence-corrected chi connectivity index (χ1v) is 8.63. The van der Waals surface area contributed by atoms with Crippen molar-refractivity contribution >= 4 is 23.2 Å². The van der Waals surface area contributed by atoms with Crippen molar-refractivity contribution in [2.75, 3.05) is 12.4 Å². The highest BCUT2D eigenvalue weighted by atomic mass is 35.5. The van der Waals surface area contributed by atoms with Crippen molar-refractivity contribution < 1.29 is 14.1 Å². The van der Waals surface area contributed by atoms with E-state index in [0.717, 1.165) is 12.8 Å². The number of nitrogens with zero attached hydrogens (tertiary/aromatic N) is 1. The molecule has 4 nitrogen and oxygen atoms in total. The minimum atomic E-state index is -0.319. The molecule has 1 aromatic carbocycles. The van der Waals surface area contributed by atoms with E-state index in [4.69, 9.17) is 16.3 Å². The Balaban J connectivity index is 1.79. The fourth-order valence-electron chi connectivity index (χ4n) is 3.08. The predicted molar refractivity (Wildman–Crippen MR) is 94.6 cm³/mol. The van der Waals surface area contributed by atoms with Crippen molar-refractivity contribution in [3.8, 4) is 5.75 Å². The van der Waals surface area contributed by atoms with E-state index in [1.165, 1.54) is 24.0 Å². The zero-order chi connectivity index (χ0) is 17.1. The van der Waals surface area contributed by atoms with Crippen LogP contribution in [-0.4, -0.2) is 13.0 Å².